The average Bonchev–Trinajstić information content (AvgIpc) is 2.81. The van der Waals surface area contributed by atoms with E-state index in [1.807, 2.05) is 0 Å². The molecule has 2 aromatic rings. The Balaban J connectivity index is 2.04. The van der Waals surface area contributed by atoms with Crippen molar-refractivity contribution in [2.24, 2.45) is 0 Å². The molecule has 0 fully saturated rings. The molecule has 1 atom stereocenters. The standard InChI is InChI=1S/C14H13F2NO2/c1-9(8-10-4-3-7-19-10)17-14(18)13-11(15)5-2-6-12(13)16/h2-7,9H,8H2,1H3,(H,17,18). The number of rotatable bonds is 4. The molecule has 1 amide bonds. The van der Waals surface area contributed by atoms with Crippen LogP contribution >= 0.6 is 0 Å². The van der Waals surface area contributed by atoms with Crippen LogP contribution in [0.3, 0.4) is 0 Å². The van der Waals surface area contributed by atoms with Crippen LogP contribution in [0, 0.1) is 11.6 Å². The number of furan rings is 1. The van der Waals surface area contributed by atoms with E-state index in [1.165, 1.54) is 12.3 Å². The van der Waals surface area contributed by atoms with Gasteiger partial charge in [-0.2, -0.15) is 0 Å². The summed E-state index contributed by atoms with van der Waals surface area (Å²) < 4.78 is 32.0. The molecule has 19 heavy (non-hydrogen) atoms. The summed E-state index contributed by atoms with van der Waals surface area (Å²) in [5.74, 6) is -1.82. The third kappa shape index (κ3) is 3.19. The normalized spacial score (nSPS) is 12.2. The molecule has 5 heteroatoms. The Hall–Kier alpha value is -2.17. The largest absolute Gasteiger partial charge is 0.469 e. The molecule has 3 nitrogen and oxygen atoms in total. The lowest BCUT2D eigenvalue weighted by Crippen LogP contribution is -2.35. The Morgan fingerprint density at radius 1 is 1.26 bits per heavy atom. The van der Waals surface area contributed by atoms with E-state index in [9.17, 15) is 13.6 Å². The maximum atomic E-state index is 13.4. The summed E-state index contributed by atoms with van der Waals surface area (Å²) in [6.45, 7) is 1.74. The Labute approximate surface area is 109 Å². The molecular weight excluding hydrogens is 252 g/mol. The van der Waals surface area contributed by atoms with Gasteiger partial charge >= 0.3 is 0 Å². The summed E-state index contributed by atoms with van der Waals surface area (Å²) in [4.78, 5) is 11.8. The summed E-state index contributed by atoms with van der Waals surface area (Å²) in [7, 11) is 0. The van der Waals surface area contributed by atoms with Crippen LogP contribution in [0.1, 0.15) is 23.0 Å². The molecule has 0 aliphatic carbocycles. The molecule has 0 saturated heterocycles. The van der Waals surface area contributed by atoms with E-state index in [0.717, 1.165) is 12.1 Å². The predicted octanol–water partition coefficient (Wildman–Crippen LogP) is 2.92. The zero-order valence-corrected chi connectivity index (χ0v) is 10.3. The van der Waals surface area contributed by atoms with E-state index in [1.54, 1.807) is 19.1 Å². The van der Waals surface area contributed by atoms with Gasteiger partial charge in [0.25, 0.3) is 5.91 Å². The van der Waals surface area contributed by atoms with Gasteiger partial charge in [-0.3, -0.25) is 4.79 Å². The zero-order valence-electron chi connectivity index (χ0n) is 10.3. The van der Waals surface area contributed by atoms with Crippen molar-refractivity contribution in [1.29, 1.82) is 0 Å². The Morgan fingerprint density at radius 2 is 1.95 bits per heavy atom. The third-order valence-corrected chi connectivity index (χ3v) is 2.65. The van der Waals surface area contributed by atoms with Gasteiger partial charge in [0.15, 0.2) is 0 Å². The van der Waals surface area contributed by atoms with Crippen LogP contribution in [0.5, 0.6) is 0 Å². The Kier molecular flexibility index (Phi) is 3.94. The highest BCUT2D eigenvalue weighted by Crippen LogP contribution is 2.12. The first-order chi connectivity index (χ1) is 9.08. The molecule has 1 unspecified atom stereocenters. The van der Waals surface area contributed by atoms with Crippen LogP contribution in [-0.4, -0.2) is 11.9 Å². The summed E-state index contributed by atoms with van der Waals surface area (Å²) in [5, 5.41) is 2.54. The highest BCUT2D eigenvalue weighted by Gasteiger charge is 2.18. The quantitative estimate of drug-likeness (QED) is 0.923. The lowest BCUT2D eigenvalue weighted by atomic mass is 10.1. The van der Waals surface area contributed by atoms with Gasteiger partial charge in [0.05, 0.1) is 6.26 Å². The summed E-state index contributed by atoms with van der Waals surface area (Å²) in [5.41, 5.74) is -0.561. The van der Waals surface area contributed by atoms with Crippen LogP contribution in [0.4, 0.5) is 8.78 Å². The topological polar surface area (TPSA) is 42.2 Å². The summed E-state index contributed by atoms with van der Waals surface area (Å²) in [6.07, 6.45) is 1.98. The second-order valence-corrected chi connectivity index (χ2v) is 4.25. The van der Waals surface area contributed by atoms with Crippen molar-refractivity contribution in [3.8, 4) is 0 Å². The molecule has 0 aliphatic heterocycles. The molecule has 0 bridgehead atoms. The van der Waals surface area contributed by atoms with E-state index < -0.39 is 23.1 Å². The highest BCUT2D eigenvalue weighted by molar-refractivity contribution is 5.94. The van der Waals surface area contributed by atoms with E-state index in [-0.39, 0.29) is 6.04 Å². The second kappa shape index (κ2) is 5.65. The molecule has 1 heterocycles. The predicted molar refractivity (Wildman–Crippen MR) is 65.7 cm³/mol. The first kappa shape index (κ1) is 13.3. The molecule has 0 radical (unpaired) electrons. The number of hydrogen-bond donors (Lipinski definition) is 1. The number of nitrogens with one attached hydrogen (secondary N) is 1. The van der Waals surface area contributed by atoms with Crippen molar-refractivity contribution in [2.45, 2.75) is 19.4 Å². The summed E-state index contributed by atoms with van der Waals surface area (Å²) >= 11 is 0. The molecule has 0 spiro atoms. The average molecular weight is 265 g/mol. The van der Waals surface area contributed by atoms with Gasteiger partial charge in [-0.25, -0.2) is 8.78 Å². The molecule has 1 aromatic carbocycles. The lowest BCUT2D eigenvalue weighted by molar-refractivity contribution is 0.0931. The van der Waals surface area contributed by atoms with Gasteiger partial charge in [-0.05, 0) is 31.2 Å². The van der Waals surface area contributed by atoms with Crippen LogP contribution in [0.25, 0.3) is 0 Å². The molecule has 2 rings (SSSR count). The molecular formula is C14H13F2NO2. The molecule has 100 valence electrons. The van der Waals surface area contributed by atoms with Crippen molar-refractivity contribution in [1.82, 2.24) is 5.32 Å². The second-order valence-electron chi connectivity index (χ2n) is 4.25. The summed E-state index contributed by atoms with van der Waals surface area (Å²) in [6, 6.07) is 6.53. The maximum absolute atomic E-state index is 13.4. The minimum Gasteiger partial charge on any atom is -0.469 e. The molecule has 0 saturated carbocycles. The van der Waals surface area contributed by atoms with Crippen molar-refractivity contribution in [3.63, 3.8) is 0 Å². The van der Waals surface area contributed by atoms with Crippen molar-refractivity contribution in [3.05, 3.63) is 59.6 Å². The van der Waals surface area contributed by atoms with Crippen LogP contribution in [-0.2, 0) is 6.42 Å². The van der Waals surface area contributed by atoms with Crippen molar-refractivity contribution in [2.75, 3.05) is 0 Å². The fraction of sp³-hybridized carbons (Fsp3) is 0.214. The van der Waals surface area contributed by atoms with E-state index in [4.69, 9.17) is 4.42 Å². The Morgan fingerprint density at radius 3 is 2.53 bits per heavy atom. The van der Waals surface area contributed by atoms with Crippen LogP contribution < -0.4 is 5.32 Å². The number of amides is 1. The minimum absolute atomic E-state index is 0.294. The van der Waals surface area contributed by atoms with E-state index in [0.29, 0.717) is 12.2 Å². The SMILES string of the molecule is CC(Cc1ccco1)NC(=O)c1c(F)cccc1F. The smallest absolute Gasteiger partial charge is 0.257 e. The monoisotopic (exact) mass is 265 g/mol. The van der Waals surface area contributed by atoms with Gasteiger partial charge in [-0.15, -0.1) is 0 Å². The van der Waals surface area contributed by atoms with E-state index in [2.05, 4.69) is 5.32 Å². The fourth-order valence-electron chi connectivity index (χ4n) is 1.79. The number of hydrogen-bond acceptors (Lipinski definition) is 2. The third-order valence-electron chi connectivity index (χ3n) is 2.65. The van der Waals surface area contributed by atoms with Gasteiger partial charge in [0.2, 0.25) is 0 Å². The van der Waals surface area contributed by atoms with Crippen molar-refractivity contribution < 1.29 is 18.0 Å². The number of benzene rings is 1. The van der Waals surface area contributed by atoms with E-state index >= 15 is 0 Å². The zero-order chi connectivity index (χ0) is 13.8. The minimum atomic E-state index is -0.873. The number of carbonyl (C=O) groups is 1. The molecule has 1 aromatic heterocycles. The molecule has 1 N–H and O–H groups in total. The van der Waals surface area contributed by atoms with Crippen molar-refractivity contribution >= 4 is 5.91 Å². The van der Waals surface area contributed by atoms with Gasteiger partial charge in [0, 0.05) is 12.5 Å². The fourth-order valence-corrected chi connectivity index (χ4v) is 1.79. The van der Waals surface area contributed by atoms with Crippen LogP contribution in [0.15, 0.2) is 41.0 Å². The lowest BCUT2D eigenvalue weighted by Gasteiger charge is -2.13. The van der Waals surface area contributed by atoms with Gasteiger partial charge < -0.3 is 9.73 Å². The number of halogens is 2. The first-order valence-corrected chi connectivity index (χ1v) is 5.85. The number of carbonyl (C=O) groups excluding carboxylic acids is 1. The first-order valence-electron chi connectivity index (χ1n) is 5.85. The van der Waals surface area contributed by atoms with Gasteiger partial charge in [0.1, 0.15) is 23.0 Å². The maximum Gasteiger partial charge on any atom is 0.257 e. The molecule has 0 aliphatic rings. The Bertz CT molecular complexity index is 547. The van der Waals surface area contributed by atoms with Gasteiger partial charge in [-0.1, -0.05) is 6.07 Å². The highest BCUT2D eigenvalue weighted by atomic mass is 19.1. The van der Waals surface area contributed by atoms with Crippen LogP contribution in [0.2, 0.25) is 0 Å².